The van der Waals surface area contributed by atoms with Crippen LogP contribution in [-0.2, 0) is 10.2 Å². The van der Waals surface area contributed by atoms with E-state index in [9.17, 15) is 14.0 Å². The molecular formula is C18H16ClFN2O3S. The Kier molecular flexibility index (Phi) is 4.86. The summed E-state index contributed by atoms with van der Waals surface area (Å²) in [6.45, 7) is 0. The van der Waals surface area contributed by atoms with Gasteiger partial charge in [0.15, 0.2) is 0 Å². The number of halogens is 2. The molecule has 4 N–H and O–H groups in total. The summed E-state index contributed by atoms with van der Waals surface area (Å²) in [5.74, 6) is -1.54. The lowest BCUT2D eigenvalue weighted by Gasteiger charge is -2.36. The SMILES string of the molecule is Fc1cc(Cl)ccc1S.Nc1cc(C(=O)O)c2c(c1)C1(CCC1)C(=O)N2. The first-order valence-electron chi connectivity index (χ1n) is 7.87. The Morgan fingerprint density at radius 1 is 1.31 bits per heavy atom. The highest BCUT2D eigenvalue weighted by molar-refractivity contribution is 7.80. The van der Waals surface area contributed by atoms with E-state index in [4.69, 9.17) is 22.4 Å². The molecular weight excluding hydrogens is 379 g/mol. The van der Waals surface area contributed by atoms with Crippen LogP contribution in [0.4, 0.5) is 15.8 Å². The number of nitrogens with two attached hydrogens (primary N) is 1. The summed E-state index contributed by atoms with van der Waals surface area (Å²) in [7, 11) is 0. The third kappa shape index (κ3) is 3.12. The van der Waals surface area contributed by atoms with E-state index >= 15 is 0 Å². The highest BCUT2D eigenvalue weighted by Gasteiger charge is 2.52. The molecule has 0 unspecified atom stereocenters. The fourth-order valence-corrected chi connectivity index (χ4v) is 3.51. The van der Waals surface area contributed by atoms with Gasteiger partial charge < -0.3 is 16.2 Å². The maximum absolute atomic E-state index is 12.4. The van der Waals surface area contributed by atoms with E-state index < -0.39 is 11.4 Å². The molecule has 0 atom stereocenters. The maximum Gasteiger partial charge on any atom is 0.337 e. The molecule has 26 heavy (non-hydrogen) atoms. The molecule has 5 nitrogen and oxygen atoms in total. The van der Waals surface area contributed by atoms with Gasteiger partial charge in [-0.25, -0.2) is 9.18 Å². The number of anilines is 2. The Morgan fingerprint density at radius 3 is 2.50 bits per heavy atom. The van der Waals surface area contributed by atoms with E-state index in [-0.39, 0.29) is 17.3 Å². The second-order valence-corrected chi connectivity index (χ2v) is 7.20. The van der Waals surface area contributed by atoms with Crippen LogP contribution >= 0.6 is 24.2 Å². The quantitative estimate of drug-likeness (QED) is 0.432. The van der Waals surface area contributed by atoms with Crippen molar-refractivity contribution < 1.29 is 19.1 Å². The summed E-state index contributed by atoms with van der Waals surface area (Å²) in [5.41, 5.74) is 6.85. The first-order chi connectivity index (χ1) is 12.2. The molecule has 1 saturated carbocycles. The predicted molar refractivity (Wildman–Crippen MR) is 101 cm³/mol. The summed E-state index contributed by atoms with van der Waals surface area (Å²) in [6.07, 6.45) is 2.53. The zero-order valence-corrected chi connectivity index (χ0v) is 15.2. The van der Waals surface area contributed by atoms with Crippen LogP contribution in [0.1, 0.15) is 35.2 Å². The summed E-state index contributed by atoms with van der Waals surface area (Å²) in [4.78, 5) is 23.4. The second kappa shape index (κ2) is 6.81. The van der Waals surface area contributed by atoms with Crippen LogP contribution in [0.2, 0.25) is 5.02 Å². The van der Waals surface area contributed by atoms with Gasteiger partial charge in [-0.1, -0.05) is 18.0 Å². The van der Waals surface area contributed by atoms with Crippen LogP contribution in [0.3, 0.4) is 0 Å². The number of thiol groups is 1. The normalized spacial score (nSPS) is 16.2. The van der Waals surface area contributed by atoms with E-state index in [1.165, 1.54) is 18.2 Å². The monoisotopic (exact) mass is 394 g/mol. The number of nitrogen functional groups attached to an aromatic ring is 1. The summed E-state index contributed by atoms with van der Waals surface area (Å²) in [6, 6.07) is 7.44. The molecule has 1 aliphatic heterocycles. The van der Waals surface area contributed by atoms with Crippen LogP contribution in [0.25, 0.3) is 0 Å². The minimum atomic E-state index is -1.06. The topological polar surface area (TPSA) is 92.4 Å². The zero-order valence-electron chi connectivity index (χ0n) is 13.6. The van der Waals surface area contributed by atoms with Crippen LogP contribution in [0, 0.1) is 5.82 Å². The largest absolute Gasteiger partial charge is 0.478 e. The fraction of sp³-hybridized carbons (Fsp3) is 0.222. The van der Waals surface area contributed by atoms with Gasteiger partial charge in [-0.2, -0.15) is 0 Å². The van der Waals surface area contributed by atoms with Gasteiger partial charge in [-0.3, -0.25) is 4.79 Å². The highest BCUT2D eigenvalue weighted by Crippen LogP contribution is 2.52. The summed E-state index contributed by atoms with van der Waals surface area (Å²) in [5, 5.41) is 12.2. The molecule has 136 valence electrons. The molecule has 1 spiro atoms. The molecule has 1 heterocycles. The molecule has 4 rings (SSSR count). The van der Waals surface area contributed by atoms with Gasteiger partial charge in [0.1, 0.15) is 5.82 Å². The number of carboxylic acid groups (broad SMARTS) is 1. The van der Waals surface area contributed by atoms with E-state index in [1.807, 2.05) is 0 Å². The van der Waals surface area contributed by atoms with Crippen molar-refractivity contribution >= 4 is 47.5 Å². The van der Waals surface area contributed by atoms with Crippen molar-refractivity contribution in [1.82, 2.24) is 0 Å². The maximum atomic E-state index is 12.4. The van der Waals surface area contributed by atoms with Crippen LogP contribution < -0.4 is 11.1 Å². The van der Waals surface area contributed by atoms with E-state index in [1.54, 1.807) is 12.1 Å². The Bertz CT molecular complexity index is 916. The van der Waals surface area contributed by atoms with Gasteiger partial charge in [0.25, 0.3) is 0 Å². The Balaban J connectivity index is 0.000000185. The number of carbonyl (C=O) groups is 2. The minimum Gasteiger partial charge on any atom is -0.478 e. The summed E-state index contributed by atoms with van der Waals surface area (Å²) < 4.78 is 12.4. The lowest BCUT2D eigenvalue weighted by Crippen LogP contribution is -2.40. The zero-order chi connectivity index (χ0) is 19.1. The smallest absolute Gasteiger partial charge is 0.337 e. The molecule has 0 radical (unpaired) electrons. The molecule has 1 fully saturated rings. The van der Waals surface area contributed by atoms with Gasteiger partial charge in [0.05, 0.1) is 16.7 Å². The Labute approximate surface area is 159 Å². The third-order valence-electron chi connectivity index (χ3n) is 4.70. The third-order valence-corrected chi connectivity index (χ3v) is 5.29. The number of amides is 1. The molecule has 2 aromatic carbocycles. The number of carboxylic acids is 1. The predicted octanol–water partition coefficient (Wildman–Crippen LogP) is 4.11. The minimum absolute atomic E-state index is 0.0807. The average molecular weight is 395 g/mol. The molecule has 0 saturated heterocycles. The Hall–Kier alpha value is -2.25. The van der Waals surface area contributed by atoms with Crippen LogP contribution in [0.15, 0.2) is 35.2 Å². The average Bonchev–Trinajstić information content (AvgIpc) is 2.82. The van der Waals surface area contributed by atoms with Gasteiger partial charge in [-0.05, 0) is 48.7 Å². The number of nitrogens with one attached hydrogen (secondary N) is 1. The van der Waals surface area contributed by atoms with Crippen molar-refractivity contribution in [3.63, 3.8) is 0 Å². The highest BCUT2D eigenvalue weighted by atomic mass is 35.5. The first-order valence-corrected chi connectivity index (χ1v) is 8.70. The number of carbonyl (C=O) groups excluding carboxylic acids is 1. The number of aromatic carboxylic acids is 1. The van der Waals surface area contributed by atoms with Crippen molar-refractivity contribution in [3.05, 3.63) is 52.3 Å². The van der Waals surface area contributed by atoms with Gasteiger partial charge in [0.2, 0.25) is 5.91 Å². The lowest BCUT2D eigenvalue weighted by molar-refractivity contribution is -0.123. The van der Waals surface area contributed by atoms with Crippen molar-refractivity contribution in [1.29, 1.82) is 0 Å². The molecule has 2 aliphatic rings. The molecule has 1 amide bonds. The van der Waals surface area contributed by atoms with E-state index in [0.29, 0.717) is 21.3 Å². The van der Waals surface area contributed by atoms with Crippen molar-refractivity contribution in [3.8, 4) is 0 Å². The van der Waals surface area contributed by atoms with Crippen LogP contribution in [-0.4, -0.2) is 17.0 Å². The number of hydrogen-bond donors (Lipinski definition) is 4. The lowest BCUT2D eigenvalue weighted by atomic mass is 9.65. The van der Waals surface area contributed by atoms with E-state index in [2.05, 4.69) is 17.9 Å². The first kappa shape index (κ1) is 18.5. The summed E-state index contributed by atoms with van der Waals surface area (Å²) >= 11 is 9.25. The molecule has 8 heteroatoms. The molecule has 1 aliphatic carbocycles. The number of benzene rings is 2. The number of rotatable bonds is 1. The fourth-order valence-electron chi connectivity index (χ4n) is 3.21. The van der Waals surface area contributed by atoms with Crippen molar-refractivity contribution in [2.24, 2.45) is 0 Å². The van der Waals surface area contributed by atoms with Gasteiger partial charge >= 0.3 is 5.97 Å². The van der Waals surface area contributed by atoms with E-state index in [0.717, 1.165) is 24.8 Å². The molecule has 2 aromatic rings. The number of fused-ring (bicyclic) bond motifs is 2. The van der Waals surface area contributed by atoms with Crippen LogP contribution in [0.5, 0.6) is 0 Å². The van der Waals surface area contributed by atoms with Crippen molar-refractivity contribution in [2.45, 2.75) is 29.6 Å². The number of hydrogen-bond acceptors (Lipinski definition) is 4. The standard InChI is InChI=1S/C12H12N2O3.C6H4ClFS/c13-6-4-7(10(15)16)9-8(5-6)12(2-1-3-12)11(17)14-9;7-4-1-2-6(9)5(8)3-4/h4-5H,1-3,13H2,(H,14,17)(H,15,16);1-3,9H. The van der Waals surface area contributed by atoms with Gasteiger partial charge in [-0.15, -0.1) is 12.6 Å². The molecule has 0 bridgehead atoms. The van der Waals surface area contributed by atoms with Crippen molar-refractivity contribution in [2.75, 3.05) is 11.1 Å². The second-order valence-electron chi connectivity index (χ2n) is 6.28. The van der Waals surface area contributed by atoms with Gasteiger partial charge in [0, 0.05) is 15.6 Å². The Morgan fingerprint density at radius 2 is 2.00 bits per heavy atom. The molecule has 0 aromatic heterocycles.